The minimum Gasteiger partial charge on any atom is -0.378 e. The van der Waals surface area contributed by atoms with E-state index in [2.05, 4.69) is 15.3 Å². The van der Waals surface area contributed by atoms with Crippen LogP contribution in [-0.4, -0.2) is 35.3 Å². The Morgan fingerprint density at radius 3 is 2.70 bits per heavy atom. The molecule has 1 saturated carbocycles. The zero-order chi connectivity index (χ0) is 16.9. The molecule has 2 N–H and O–H groups in total. The summed E-state index contributed by atoms with van der Waals surface area (Å²) in [6.07, 6.45) is -0.813. The number of anilines is 1. The molecule has 23 heavy (non-hydrogen) atoms. The molecule has 9 heteroatoms. The Morgan fingerprint density at radius 2 is 2.09 bits per heavy atom. The molecule has 1 atom stereocenters. The maximum atomic E-state index is 13.2. The minimum absolute atomic E-state index is 0.122. The number of alkyl halides is 3. The summed E-state index contributed by atoms with van der Waals surface area (Å²) >= 11 is 0. The highest BCUT2D eigenvalue weighted by Crippen LogP contribution is 2.35. The van der Waals surface area contributed by atoms with E-state index in [-0.39, 0.29) is 12.4 Å². The van der Waals surface area contributed by atoms with Crippen molar-refractivity contribution in [2.75, 3.05) is 12.4 Å². The molecule has 0 radical (unpaired) electrons. The smallest absolute Gasteiger partial charge is 0.378 e. The third-order valence-electron chi connectivity index (χ3n) is 3.77. The lowest BCUT2D eigenvalue weighted by Crippen LogP contribution is -2.50. The summed E-state index contributed by atoms with van der Waals surface area (Å²) in [4.78, 5) is 19.6. The van der Waals surface area contributed by atoms with Gasteiger partial charge in [0.1, 0.15) is 18.2 Å². The van der Waals surface area contributed by atoms with Crippen molar-refractivity contribution in [3.8, 4) is 0 Å². The van der Waals surface area contributed by atoms with Crippen molar-refractivity contribution in [2.45, 2.75) is 44.5 Å². The fourth-order valence-electron chi connectivity index (χ4n) is 2.74. The highest BCUT2D eigenvalue weighted by Gasteiger charge is 2.46. The largest absolute Gasteiger partial charge is 0.408 e. The molecular formula is C14H19F3N4O2. The Bertz CT molecular complexity index is 533. The zero-order valence-electron chi connectivity index (χ0n) is 12.7. The van der Waals surface area contributed by atoms with Gasteiger partial charge in [-0.15, -0.1) is 0 Å². The molecule has 0 aliphatic heterocycles. The van der Waals surface area contributed by atoms with Gasteiger partial charge in [0.2, 0.25) is 0 Å². The molecule has 1 aliphatic carbocycles. The number of rotatable bonds is 5. The summed E-state index contributed by atoms with van der Waals surface area (Å²) in [6, 6.07) is -1.33. The standard InChI is InChI=1S/C14H19F3N4O2/c1-23-7-10-6-11(19-8-18-10)20-13(22)21-12(14(15,16)17)9-4-2-3-5-9/h6,8-9,12H,2-5,7H2,1H3,(H2,18,19,20,21,22)/t12-/m1/s1. The topological polar surface area (TPSA) is 76.1 Å². The summed E-state index contributed by atoms with van der Waals surface area (Å²) < 4.78 is 44.3. The fourth-order valence-corrected chi connectivity index (χ4v) is 2.74. The minimum atomic E-state index is -4.47. The normalized spacial score (nSPS) is 17.0. The Hall–Kier alpha value is -1.90. The summed E-state index contributed by atoms with van der Waals surface area (Å²) in [5.41, 5.74) is 0.515. The molecule has 1 aromatic heterocycles. The highest BCUT2D eigenvalue weighted by molar-refractivity contribution is 5.88. The number of carbonyl (C=O) groups is 1. The number of nitrogens with one attached hydrogen (secondary N) is 2. The van der Waals surface area contributed by atoms with Gasteiger partial charge in [-0.1, -0.05) is 12.8 Å². The second-order valence-electron chi connectivity index (χ2n) is 5.49. The van der Waals surface area contributed by atoms with Crippen LogP contribution < -0.4 is 10.6 Å². The second kappa shape index (κ2) is 7.58. The van der Waals surface area contributed by atoms with Crippen LogP contribution >= 0.6 is 0 Å². The van der Waals surface area contributed by atoms with E-state index in [1.165, 1.54) is 19.5 Å². The van der Waals surface area contributed by atoms with Crippen molar-refractivity contribution < 1.29 is 22.7 Å². The van der Waals surface area contributed by atoms with Crippen LogP contribution in [0.5, 0.6) is 0 Å². The first kappa shape index (κ1) is 17.5. The summed E-state index contributed by atoms with van der Waals surface area (Å²) in [5, 5.41) is 4.34. The first-order chi connectivity index (χ1) is 10.9. The monoisotopic (exact) mass is 332 g/mol. The van der Waals surface area contributed by atoms with Crippen LogP contribution in [-0.2, 0) is 11.3 Å². The molecule has 1 heterocycles. The Balaban J connectivity index is 2.00. The molecule has 0 aromatic carbocycles. The van der Waals surface area contributed by atoms with Crippen LogP contribution in [0.4, 0.5) is 23.8 Å². The molecule has 6 nitrogen and oxygen atoms in total. The third kappa shape index (κ3) is 5.05. The molecule has 0 unspecified atom stereocenters. The maximum absolute atomic E-state index is 13.2. The number of ether oxygens (including phenoxy) is 1. The van der Waals surface area contributed by atoms with Crippen molar-refractivity contribution in [1.29, 1.82) is 0 Å². The van der Waals surface area contributed by atoms with Crippen LogP contribution in [0, 0.1) is 5.92 Å². The van der Waals surface area contributed by atoms with Gasteiger partial charge in [0.05, 0.1) is 12.3 Å². The van der Waals surface area contributed by atoms with Gasteiger partial charge in [0.25, 0.3) is 0 Å². The molecule has 0 bridgehead atoms. The van der Waals surface area contributed by atoms with Crippen LogP contribution in [0.25, 0.3) is 0 Å². The molecule has 1 fully saturated rings. The Labute approximate surface area is 131 Å². The molecular weight excluding hydrogens is 313 g/mol. The number of amides is 2. The summed E-state index contributed by atoms with van der Waals surface area (Å²) in [6.45, 7) is 0.214. The van der Waals surface area contributed by atoms with Crippen molar-refractivity contribution in [3.05, 3.63) is 18.1 Å². The lowest BCUT2D eigenvalue weighted by Gasteiger charge is -2.26. The molecule has 2 rings (SSSR count). The number of hydrogen-bond donors (Lipinski definition) is 2. The highest BCUT2D eigenvalue weighted by atomic mass is 19.4. The van der Waals surface area contributed by atoms with E-state index >= 15 is 0 Å². The van der Waals surface area contributed by atoms with Crippen molar-refractivity contribution >= 4 is 11.8 Å². The summed E-state index contributed by atoms with van der Waals surface area (Å²) in [7, 11) is 1.48. The van der Waals surface area contributed by atoms with E-state index in [0.717, 1.165) is 12.8 Å². The molecule has 1 aliphatic rings. The number of nitrogens with zero attached hydrogens (tertiary/aromatic N) is 2. The average Bonchev–Trinajstić information content (AvgIpc) is 2.98. The van der Waals surface area contributed by atoms with Gasteiger partial charge in [0, 0.05) is 13.2 Å². The van der Waals surface area contributed by atoms with Crippen molar-refractivity contribution in [3.63, 3.8) is 0 Å². The zero-order valence-corrected chi connectivity index (χ0v) is 12.7. The van der Waals surface area contributed by atoms with Gasteiger partial charge in [-0.25, -0.2) is 14.8 Å². The molecule has 128 valence electrons. The number of urea groups is 1. The SMILES string of the molecule is COCc1cc(NC(=O)N[C@H](C2CCCC2)C(F)(F)F)ncn1. The van der Waals surface area contributed by atoms with E-state index in [0.29, 0.717) is 18.5 Å². The van der Waals surface area contributed by atoms with Gasteiger partial charge in [-0.05, 0) is 18.8 Å². The van der Waals surface area contributed by atoms with Crippen LogP contribution in [0.2, 0.25) is 0 Å². The van der Waals surface area contributed by atoms with Crippen molar-refractivity contribution in [2.24, 2.45) is 5.92 Å². The van der Waals surface area contributed by atoms with E-state index in [1.807, 2.05) is 5.32 Å². The fraction of sp³-hybridized carbons (Fsp3) is 0.643. The van der Waals surface area contributed by atoms with Crippen LogP contribution in [0.1, 0.15) is 31.4 Å². The summed E-state index contributed by atoms with van der Waals surface area (Å²) in [5.74, 6) is -0.452. The number of carbonyl (C=O) groups excluding carboxylic acids is 1. The van der Waals surface area contributed by atoms with Crippen LogP contribution in [0.3, 0.4) is 0 Å². The molecule has 2 amide bonds. The van der Waals surface area contributed by atoms with Gasteiger partial charge in [0.15, 0.2) is 0 Å². The number of aromatic nitrogens is 2. The predicted octanol–water partition coefficient (Wildman–Crippen LogP) is 2.87. The first-order valence-electron chi connectivity index (χ1n) is 7.34. The number of halogens is 3. The van der Waals surface area contributed by atoms with Gasteiger partial charge < -0.3 is 10.1 Å². The average molecular weight is 332 g/mol. The molecule has 0 saturated heterocycles. The lowest BCUT2D eigenvalue weighted by molar-refractivity contribution is -0.164. The van der Waals surface area contributed by atoms with Crippen LogP contribution in [0.15, 0.2) is 12.4 Å². The molecule has 1 aromatic rings. The van der Waals surface area contributed by atoms with E-state index in [4.69, 9.17) is 4.74 Å². The number of hydrogen-bond acceptors (Lipinski definition) is 4. The quantitative estimate of drug-likeness (QED) is 0.869. The maximum Gasteiger partial charge on any atom is 0.408 e. The van der Waals surface area contributed by atoms with Gasteiger partial charge >= 0.3 is 12.2 Å². The number of methoxy groups -OCH3 is 1. The molecule has 0 spiro atoms. The third-order valence-corrected chi connectivity index (χ3v) is 3.77. The van der Waals surface area contributed by atoms with Gasteiger partial charge in [-0.2, -0.15) is 13.2 Å². The lowest BCUT2D eigenvalue weighted by atomic mass is 9.98. The Morgan fingerprint density at radius 1 is 1.39 bits per heavy atom. The Kier molecular flexibility index (Phi) is 5.75. The predicted molar refractivity (Wildman–Crippen MR) is 76.7 cm³/mol. The van der Waals surface area contributed by atoms with Gasteiger partial charge in [-0.3, -0.25) is 5.32 Å². The second-order valence-corrected chi connectivity index (χ2v) is 5.49. The van der Waals surface area contributed by atoms with E-state index < -0.39 is 24.2 Å². The van der Waals surface area contributed by atoms with E-state index in [9.17, 15) is 18.0 Å². The first-order valence-corrected chi connectivity index (χ1v) is 7.34. The van der Waals surface area contributed by atoms with E-state index in [1.54, 1.807) is 0 Å². The van der Waals surface area contributed by atoms with Crippen molar-refractivity contribution in [1.82, 2.24) is 15.3 Å².